The summed E-state index contributed by atoms with van der Waals surface area (Å²) < 4.78 is 0. The Hall–Kier alpha value is 0.310. The molecule has 0 saturated carbocycles. The minimum atomic E-state index is 0.969. The molecule has 1 aliphatic heterocycles. The molecule has 72 valence electrons. The molecule has 0 radical (unpaired) electrons. The van der Waals surface area contributed by atoms with Gasteiger partial charge in [0.05, 0.1) is 0 Å². The van der Waals surface area contributed by atoms with Crippen LogP contribution in [0.15, 0.2) is 0 Å². The lowest BCUT2D eigenvalue weighted by Gasteiger charge is -2.08. The Labute approximate surface area is 80.7 Å². The summed E-state index contributed by atoms with van der Waals surface area (Å²) in [4.78, 5) is 0. The van der Waals surface area contributed by atoms with Crippen molar-refractivity contribution in [1.82, 2.24) is 5.32 Å². The molecule has 0 aromatic heterocycles. The van der Waals surface area contributed by atoms with Crippen molar-refractivity contribution in [1.29, 1.82) is 0 Å². The van der Waals surface area contributed by atoms with Crippen molar-refractivity contribution in [2.24, 2.45) is 5.92 Å². The number of nitrogens with one attached hydrogen (secondary N) is 1. The fraction of sp³-hybridized carbons (Fsp3) is 1.00. The van der Waals surface area contributed by atoms with Crippen LogP contribution in [0, 0.1) is 5.92 Å². The second-order valence-electron chi connectivity index (χ2n) is 3.64. The van der Waals surface area contributed by atoms with Crippen molar-refractivity contribution in [3.8, 4) is 0 Å². The van der Waals surface area contributed by atoms with Crippen LogP contribution >= 0.6 is 11.8 Å². The van der Waals surface area contributed by atoms with Crippen LogP contribution < -0.4 is 5.32 Å². The van der Waals surface area contributed by atoms with Gasteiger partial charge in [-0.2, -0.15) is 11.8 Å². The van der Waals surface area contributed by atoms with Gasteiger partial charge in [-0.15, -0.1) is 0 Å². The molecule has 0 spiro atoms. The number of thioether (sulfide) groups is 1. The highest BCUT2D eigenvalue weighted by atomic mass is 32.2. The van der Waals surface area contributed by atoms with Gasteiger partial charge in [-0.3, -0.25) is 0 Å². The van der Waals surface area contributed by atoms with Gasteiger partial charge in [0.15, 0.2) is 0 Å². The van der Waals surface area contributed by atoms with E-state index in [0.717, 1.165) is 5.92 Å². The van der Waals surface area contributed by atoms with Crippen LogP contribution in [0.25, 0.3) is 0 Å². The molecule has 1 atom stereocenters. The van der Waals surface area contributed by atoms with Gasteiger partial charge in [0.25, 0.3) is 0 Å². The van der Waals surface area contributed by atoms with E-state index in [4.69, 9.17) is 0 Å². The summed E-state index contributed by atoms with van der Waals surface area (Å²) in [6.07, 6.45) is 5.51. The first-order valence-corrected chi connectivity index (χ1v) is 6.37. The van der Waals surface area contributed by atoms with E-state index in [-0.39, 0.29) is 0 Å². The zero-order valence-electron chi connectivity index (χ0n) is 8.14. The lowest BCUT2D eigenvalue weighted by Crippen LogP contribution is -2.23. The minimum absolute atomic E-state index is 0.969. The number of hydrogen-bond donors (Lipinski definition) is 1. The maximum Gasteiger partial charge on any atom is -0.00123 e. The highest BCUT2D eigenvalue weighted by Crippen LogP contribution is 2.22. The van der Waals surface area contributed by atoms with Crippen LogP contribution in [0.2, 0.25) is 0 Å². The van der Waals surface area contributed by atoms with Crippen molar-refractivity contribution in [3.05, 3.63) is 0 Å². The Morgan fingerprint density at radius 3 is 3.00 bits per heavy atom. The third-order valence-electron chi connectivity index (χ3n) is 2.41. The summed E-state index contributed by atoms with van der Waals surface area (Å²) in [5, 5.41) is 3.55. The first-order valence-electron chi connectivity index (χ1n) is 5.22. The average Bonchev–Trinajstić information content (AvgIpc) is 2.57. The van der Waals surface area contributed by atoms with E-state index in [0.29, 0.717) is 0 Å². The molecule has 1 aliphatic rings. The van der Waals surface area contributed by atoms with Crippen molar-refractivity contribution in [3.63, 3.8) is 0 Å². The molecule has 12 heavy (non-hydrogen) atoms. The molecule has 0 aromatic rings. The van der Waals surface area contributed by atoms with E-state index in [1.165, 1.54) is 50.3 Å². The molecule has 1 unspecified atom stereocenters. The zero-order chi connectivity index (χ0) is 8.65. The predicted octanol–water partition coefficient (Wildman–Crippen LogP) is 2.52. The normalized spacial score (nSPS) is 23.2. The second-order valence-corrected chi connectivity index (χ2v) is 4.79. The molecule has 2 heteroatoms. The number of unbranched alkanes of at least 4 members (excludes halogenated alkanes) is 2. The summed E-state index contributed by atoms with van der Waals surface area (Å²) in [5.41, 5.74) is 0. The van der Waals surface area contributed by atoms with Crippen molar-refractivity contribution < 1.29 is 0 Å². The van der Waals surface area contributed by atoms with Crippen molar-refractivity contribution in [2.75, 3.05) is 24.6 Å². The average molecular weight is 187 g/mol. The number of rotatable bonds is 6. The maximum atomic E-state index is 3.55. The van der Waals surface area contributed by atoms with E-state index in [2.05, 4.69) is 24.0 Å². The predicted molar refractivity (Wildman–Crippen MR) is 57.8 cm³/mol. The van der Waals surface area contributed by atoms with Gasteiger partial charge in [0, 0.05) is 0 Å². The van der Waals surface area contributed by atoms with Crippen LogP contribution in [0.4, 0.5) is 0 Å². The van der Waals surface area contributed by atoms with Crippen LogP contribution in [0.5, 0.6) is 0 Å². The van der Waals surface area contributed by atoms with E-state index in [1.807, 2.05) is 0 Å². The standard InChI is InChI=1S/C10H21NS/c1-2-3-4-6-11-8-10-5-7-12-9-10/h10-11H,2-9H2,1H3. The molecule has 0 bridgehead atoms. The molecular formula is C10H21NS. The quantitative estimate of drug-likeness (QED) is 0.641. The van der Waals surface area contributed by atoms with Gasteiger partial charge in [0.1, 0.15) is 0 Å². The summed E-state index contributed by atoms with van der Waals surface area (Å²) in [5.74, 6) is 3.75. The molecule has 0 aliphatic carbocycles. The first kappa shape index (κ1) is 10.4. The second kappa shape index (κ2) is 6.79. The fourth-order valence-electron chi connectivity index (χ4n) is 1.55. The molecule has 1 fully saturated rings. The van der Waals surface area contributed by atoms with Crippen LogP contribution in [0.3, 0.4) is 0 Å². The maximum absolute atomic E-state index is 3.55. The third-order valence-corrected chi connectivity index (χ3v) is 3.65. The van der Waals surface area contributed by atoms with Gasteiger partial charge in [-0.1, -0.05) is 19.8 Å². The highest BCUT2D eigenvalue weighted by Gasteiger charge is 2.13. The van der Waals surface area contributed by atoms with Crippen LogP contribution in [-0.2, 0) is 0 Å². The molecule has 0 amide bonds. The van der Waals surface area contributed by atoms with E-state index < -0.39 is 0 Å². The topological polar surface area (TPSA) is 12.0 Å². The smallest absolute Gasteiger partial charge is 0.00123 e. The lowest BCUT2D eigenvalue weighted by molar-refractivity contribution is 0.511. The first-order chi connectivity index (χ1) is 5.93. The van der Waals surface area contributed by atoms with Crippen molar-refractivity contribution >= 4 is 11.8 Å². The summed E-state index contributed by atoms with van der Waals surface area (Å²) >= 11 is 2.11. The monoisotopic (exact) mass is 187 g/mol. The molecule has 1 saturated heterocycles. The van der Waals surface area contributed by atoms with Gasteiger partial charge in [-0.25, -0.2) is 0 Å². The Morgan fingerprint density at radius 2 is 2.33 bits per heavy atom. The van der Waals surface area contributed by atoms with Crippen molar-refractivity contribution in [2.45, 2.75) is 32.6 Å². The molecule has 1 rings (SSSR count). The van der Waals surface area contributed by atoms with E-state index >= 15 is 0 Å². The van der Waals surface area contributed by atoms with E-state index in [1.54, 1.807) is 0 Å². The van der Waals surface area contributed by atoms with Gasteiger partial charge < -0.3 is 5.32 Å². The Kier molecular flexibility index (Phi) is 5.88. The Morgan fingerprint density at radius 1 is 1.42 bits per heavy atom. The third kappa shape index (κ3) is 4.36. The van der Waals surface area contributed by atoms with Gasteiger partial charge in [0.2, 0.25) is 0 Å². The molecule has 1 heterocycles. The molecular weight excluding hydrogens is 166 g/mol. The molecule has 1 nitrogen and oxygen atoms in total. The summed E-state index contributed by atoms with van der Waals surface area (Å²) in [6, 6.07) is 0. The molecule has 0 aromatic carbocycles. The highest BCUT2D eigenvalue weighted by molar-refractivity contribution is 7.99. The SMILES string of the molecule is CCCCCNCC1CCSC1. The summed E-state index contributed by atoms with van der Waals surface area (Å²) in [6.45, 7) is 4.75. The minimum Gasteiger partial charge on any atom is -0.316 e. The Bertz CT molecular complexity index is 100. The lowest BCUT2D eigenvalue weighted by atomic mass is 10.1. The zero-order valence-corrected chi connectivity index (χ0v) is 8.96. The molecule has 1 N–H and O–H groups in total. The van der Waals surface area contributed by atoms with Crippen LogP contribution in [-0.4, -0.2) is 24.6 Å². The Balaban J connectivity index is 1.81. The largest absolute Gasteiger partial charge is 0.316 e. The van der Waals surface area contributed by atoms with E-state index in [9.17, 15) is 0 Å². The van der Waals surface area contributed by atoms with Gasteiger partial charge in [-0.05, 0) is 43.4 Å². The van der Waals surface area contributed by atoms with Gasteiger partial charge >= 0.3 is 0 Å². The summed E-state index contributed by atoms with van der Waals surface area (Å²) in [7, 11) is 0. The fourth-order valence-corrected chi connectivity index (χ4v) is 2.84. The van der Waals surface area contributed by atoms with Crippen LogP contribution in [0.1, 0.15) is 32.6 Å². The number of hydrogen-bond acceptors (Lipinski definition) is 2.